The first-order valence-corrected chi connectivity index (χ1v) is 8.10. The second-order valence-electron chi connectivity index (χ2n) is 4.91. The van der Waals surface area contributed by atoms with Crippen LogP contribution in [0.25, 0.3) is 0 Å². The van der Waals surface area contributed by atoms with E-state index in [1.54, 1.807) is 0 Å². The van der Waals surface area contributed by atoms with E-state index in [1.807, 2.05) is 0 Å². The minimum Gasteiger partial charge on any atom is -0.474 e. The van der Waals surface area contributed by atoms with Crippen LogP contribution in [0.4, 0.5) is 13.2 Å². The predicted molar refractivity (Wildman–Crippen MR) is 95.2 cm³/mol. The number of thiocarbonyl (C=S) groups is 1. The van der Waals surface area contributed by atoms with Gasteiger partial charge in [0.15, 0.2) is 0 Å². The Morgan fingerprint density at radius 2 is 1.81 bits per heavy atom. The first-order chi connectivity index (χ1) is 12.1. The molecule has 138 valence electrons. The lowest BCUT2D eigenvalue weighted by Crippen LogP contribution is -2.34. The number of alkyl halides is 3. The van der Waals surface area contributed by atoms with Crippen molar-refractivity contribution in [1.82, 2.24) is 0 Å². The molecule has 0 spiro atoms. The normalized spacial score (nSPS) is 12.3. The average molecular weight is 424 g/mol. The minimum absolute atomic E-state index is 0.00535. The van der Waals surface area contributed by atoms with Gasteiger partial charge in [0, 0.05) is 11.4 Å². The molecule has 1 atom stereocenters. The van der Waals surface area contributed by atoms with Crippen molar-refractivity contribution in [3.8, 4) is 17.2 Å². The van der Waals surface area contributed by atoms with Gasteiger partial charge in [-0.15, -0.1) is 0 Å². The van der Waals surface area contributed by atoms with E-state index in [2.05, 4.69) is 12.2 Å². The summed E-state index contributed by atoms with van der Waals surface area (Å²) in [4.78, 5) is 11.2. The number of benzene rings is 2. The molecule has 0 fully saturated rings. The van der Waals surface area contributed by atoms with Crippen molar-refractivity contribution < 1.29 is 27.4 Å². The van der Waals surface area contributed by atoms with Gasteiger partial charge in [-0.05, 0) is 30.3 Å². The summed E-state index contributed by atoms with van der Waals surface area (Å²) < 4.78 is 48.8. The zero-order chi connectivity index (χ0) is 19.5. The third kappa shape index (κ3) is 5.00. The summed E-state index contributed by atoms with van der Waals surface area (Å²) >= 11 is 16.5. The Bertz CT molecular complexity index is 846. The van der Waals surface area contributed by atoms with Gasteiger partial charge in [0.05, 0.1) is 15.6 Å². The molecular formula is C16H10Cl2F3NO3S. The number of hydrogen-bond donors (Lipinski definition) is 1. The highest BCUT2D eigenvalue weighted by Gasteiger charge is 2.31. The predicted octanol–water partition coefficient (Wildman–Crippen LogP) is 5.04. The molecule has 4 nitrogen and oxygen atoms in total. The Morgan fingerprint density at radius 3 is 2.35 bits per heavy atom. The molecule has 26 heavy (non-hydrogen) atoms. The lowest BCUT2D eigenvalue weighted by Gasteiger charge is -2.15. The molecule has 1 amide bonds. The molecule has 10 heteroatoms. The number of ether oxygens (including phenoxy) is 2. The highest BCUT2D eigenvalue weighted by atomic mass is 35.5. The van der Waals surface area contributed by atoms with Gasteiger partial charge in [-0.1, -0.05) is 35.4 Å². The van der Waals surface area contributed by atoms with Crippen LogP contribution in [0.2, 0.25) is 10.0 Å². The van der Waals surface area contributed by atoms with Gasteiger partial charge in [0.2, 0.25) is 6.10 Å². The molecule has 2 aromatic carbocycles. The number of rotatable bonds is 6. The van der Waals surface area contributed by atoms with Crippen molar-refractivity contribution in [2.24, 2.45) is 5.73 Å². The van der Waals surface area contributed by atoms with Crippen LogP contribution < -0.4 is 15.2 Å². The highest BCUT2D eigenvalue weighted by Crippen LogP contribution is 2.38. The van der Waals surface area contributed by atoms with E-state index in [0.717, 1.165) is 23.6 Å². The summed E-state index contributed by atoms with van der Waals surface area (Å²) in [5.41, 5.74) is 4.23. The first-order valence-electron chi connectivity index (χ1n) is 6.87. The number of nitrogens with two attached hydrogens (primary N) is 1. The molecular weight excluding hydrogens is 414 g/mol. The average Bonchev–Trinajstić information content (AvgIpc) is 2.55. The number of carbonyl (C=O) groups excluding carboxylic acids is 1. The van der Waals surface area contributed by atoms with Crippen molar-refractivity contribution in [3.63, 3.8) is 0 Å². The lowest BCUT2D eigenvalue weighted by molar-refractivity contribution is -0.137. The molecule has 0 bridgehead atoms. The SMILES string of the molecule is NC(=O)C(C=S)Oc1cc(Oc2ccc(C(F)(F)F)cc2Cl)ccc1Cl. The Balaban J connectivity index is 2.27. The van der Waals surface area contributed by atoms with Gasteiger partial charge in [-0.2, -0.15) is 13.2 Å². The van der Waals surface area contributed by atoms with Gasteiger partial charge in [0.25, 0.3) is 5.91 Å². The van der Waals surface area contributed by atoms with Crippen molar-refractivity contribution >= 4 is 46.7 Å². The van der Waals surface area contributed by atoms with Crippen LogP contribution in [0, 0.1) is 0 Å². The molecule has 0 heterocycles. The topological polar surface area (TPSA) is 61.6 Å². The van der Waals surface area contributed by atoms with Gasteiger partial charge < -0.3 is 15.2 Å². The van der Waals surface area contributed by atoms with E-state index >= 15 is 0 Å². The third-order valence-electron chi connectivity index (χ3n) is 3.05. The zero-order valence-electron chi connectivity index (χ0n) is 12.7. The Kier molecular flexibility index (Phi) is 6.33. The van der Waals surface area contributed by atoms with Gasteiger partial charge >= 0.3 is 6.18 Å². The molecule has 2 aromatic rings. The molecule has 1 unspecified atom stereocenters. The fourth-order valence-corrected chi connectivity index (χ4v) is 2.38. The Morgan fingerprint density at radius 1 is 1.12 bits per heavy atom. The van der Waals surface area contributed by atoms with Crippen LogP contribution in [0.3, 0.4) is 0 Å². The Hall–Kier alpha value is -2.03. The monoisotopic (exact) mass is 423 g/mol. The van der Waals surface area contributed by atoms with E-state index in [4.69, 9.17) is 38.4 Å². The van der Waals surface area contributed by atoms with Gasteiger partial charge in [0.1, 0.15) is 17.2 Å². The number of hydrogen-bond acceptors (Lipinski definition) is 4. The smallest absolute Gasteiger partial charge is 0.416 e. The summed E-state index contributed by atoms with van der Waals surface area (Å²) in [6, 6.07) is 6.85. The second-order valence-corrected chi connectivity index (χ2v) is 6.00. The summed E-state index contributed by atoms with van der Waals surface area (Å²) in [6.07, 6.45) is -5.71. The minimum atomic E-state index is -4.52. The maximum absolute atomic E-state index is 12.7. The van der Waals surface area contributed by atoms with Gasteiger partial charge in [-0.25, -0.2) is 0 Å². The number of carbonyl (C=O) groups is 1. The molecule has 0 aliphatic heterocycles. The molecule has 0 saturated heterocycles. The van der Waals surface area contributed by atoms with Crippen LogP contribution in [0.1, 0.15) is 5.56 Å². The van der Waals surface area contributed by atoms with E-state index in [-0.39, 0.29) is 27.3 Å². The van der Waals surface area contributed by atoms with Crippen molar-refractivity contribution in [1.29, 1.82) is 0 Å². The summed E-state index contributed by atoms with van der Waals surface area (Å²) in [7, 11) is 0. The molecule has 0 aliphatic carbocycles. The second kappa shape index (κ2) is 8.11. The van der Waals surface area contributed by atoms with Crippen molar-refractivity contribution in [2.45, 2.75) is 12.3 Å². The van der Waals surface area contributed by atoms with Crippen LogP contribution in [0.15, 0.2) is 36.4 Å². The maximum Gasteiger partial charge on any atom is 0.416 e. The van der Waals surface area contributed by atoms with E-state index < -0.39 is 23.8 Å². The summed E-state index contributed by atoms with van der Waals surface area (Å²) in [5.74, 6) is -0.599. The molecule has 2 rings (SSSR count). The standard InChI is InChI=1S/C16H10Cl2F3NO3S/c17-10-3-2-9(6-13(10)25-14(7-26)15(22)23)24-12-4-1-8(5-11(12)18)16(19,20)21/h1-7,14H,(H2,22,23). The van der Waals surface area contributed by atoms with Crippen molar-refractivity contribution in [3.05, 3.63) is 52.0 Å². The largest absolute Gasteiger partial charge is 0.474 e. The molecule has 2 N–H and O–H groups in total. The van der Waals surface area contributed by atoms with Gasteiger partial charge in [-0.3, -0.25) is 4.79 Å². The van der Waals surface area contributed by atoms with E-state index in [9.17, 15) is 18.0 Å². The quantitative estimate of drug-likeness (QED) is 0.661. The lowest BCUT2D eigenvalue weighted by atomic mass is 10.2. The maximum atomic E-state index is 12.7. The number of amides is 1. The highest BCUT2D eigenvalue weighted by molar-refractivity contribution is 7.79. The third-order valence-corrected chi connectivity index (χ3v) is 3.90. The summed E-state index contributed by atoms with van der Waals surface area (Å²) in [6.45, 7) is 0. The first kappa shape index (κ1) is 20.3. The zero-order valence-corrected chi connectivity index (χ0v) is 15.0. The van der Waals surface area contributed by atoms with E-state index in [1.165, 1.54) is 18.2 Å². The molecule has 0 aliphatic rings. The van der Waals surface area contributed by atoms with Crippen LogP contribution in [-0.2, 0) is 11.0 Å². The fraction of sp³-hybridized carbons (Fsp3) is 0.125. The van der Waals surface area contributed by atoms with Crippen molar-refractivity contribution in [2.75, 3.05) is 0 Å². The van der Waals surface area contributed by atoms with Crippen LogP contribution in [-0.4, -0.2) is 17.4 Å². The summed E-state index contributed by atoms with van der Waals surface area (Å²) in [5, 5.41) is 0.948. The molecule has 0 radical (unpaired) electrons. The Labute approximate surface area is 161 Å². The van der Waals surface area contributed by atoms with Crippen LogP contribution in [0.5, 0.6) is 17.2 Å². The van der Waals surface area contributed by atoms with Crippen LogP contribution >= 0.6 is 35.4 Å². The fourth-order valence-electron chi connectivity index (χ4n) is 1.81. The number of halogens is 5. The molecule has 0 saturated carbocycles. The van der Waals surface area contributed by atoms with E-state index in [0.29, 0.717) is 0 Å². The molecule has 0 aromatic heterocycles. The number of primary amides is 1.